The average molecular weight is 1040 g/mol. The van der Waals surface area contributed by atoms with Crippen molar-refractivity contribution in [3.05, 3.63) is 223 Å². The van der Waals surface area contributed by atoms with E-state index in [-0.39, 0.29) is 23.9 Å². The van der Waals surface area contributed by atoms with Crippen molar-refractivity contribution >= 4 is 89.3 Å². The maximum atomic E-state index is 5.68. The molecule has 3 N–H and O–H groups in total. The number of fused-ring (bicyclic) bond motifs is 14. The van der Waals surface area contributed by atoms with Crippen LogP contribution in [0.4, 0.5) is 5.69 Å². The second-order valence-corrected chi connectivity index (χ2v) is 25.0. The Hall–Kier alpha value is -6.91. The van der Waals surface area contributed by atoms with E-state index in [0.717, 1.165) is 69.9 Å². The molecule has 8 aromatic rings. The van der Waals surface area contributed by atoms with Crippen molar-refractivity contribution < 1.29 is 0 Å². The van der Waals surface area contributed by atoms with Crippen molar-refractivity contribution in [1.29, 1.82) is 0 Å². The molecule has 6 heterocycles. The normalized spacial score (nSPS) is 25.1. The van der Waals surface area contributed by atoms with Gasteiger partial charge in [-0.2, -0.15) is 0 Å². The maximum absolute atomic E-state index is 5.68. The van der Waals surface area contributed by atoms with Crippen LogP contribution in [-0.2, 0) is 12.8 Å². The first-order valence-electron chi connectivity index (χ1n) is 28.4. The third kappa shape index (κ3) is 7.47. The number of aromatic nitrogens is 2. The molecule has 6 atom stereocenters. The van der Waals surface area contributed by atoms with Crippen LogP contribution in [0.5, 0.6) is 0 Å². The number of aryl methyl sites for hydroxylation is 1. The quantitative estimate of drug-likeness (QED) is 0.139. The molecular weight excluding hydrogens is 977 g/mol. The van der Waals surface area contributed by atoms with E-state index >= 15 is 0 Å². The molecule has 1 saturated heterocycles. The second kappa shape index (κ2) is 18.4. The smallest absolute Gasteiger partial charge is 0.0885 e. The van der Waals surface area contributed by atoms with Crippen molar-refractivity contribution in [3.8, 4) is 5.69 Å². The zero-order chi connectivity index (χ0) is 50.8. The molecule has 4 aromatic heterocycles. The molecule has 0 radical (unpaired) electrons. The Kier molecular flexibility index (Phi) is 11.0. The minimum Gasteiger partial charge on any atom is -0.317 e. The van der Waals surface area contributed by atoms with Gasteiger partial charge in [0.1, 0.15) is 0 Å². The summed E-state index contributed by atoms with van der Waals surface area (Å²) in [4.78, 5) is 11.1. The van der Waals surface area contributed by atoms with Crippen molar-refractivity contribution in [3.63, 3.8) is 0 Å². The molecular formula is C69H62N6S2. The van der Waals surface area contributed by atoms with Crippen LogP contribution in [0.15, 0.2) is 163 Å². The van der Waals surface area contributed by atoms with Gasteiger partial charge in [-0.25, -0.2) is 0 Å². The largest absolute Gasteiger partial charge is 0.317 e. The van der Waals surface area contributed by atoms with Gasteiger partial charge >= 0.3 is 0 Å². The van der Waals surface area contributed by atoms with Crippen LogP contribution in [0.1, 0.15) is 138 Å². The molecule has 0 saturated carbocycles. The highest BCUT2D eigenvalue weighted by molar-refractivity contribution is 7.20. The molecule has 6 aliphatic carbocycles. The topological polar surface area (TPSA) is 57.1 Å². The predicted molar refractivity (Wildman–Crippen MR) is 324 cm³/mol. The Balaban J connectivity index is 0.819. The second-order valence-electron chi connectivity index (χ2n) is 22.8. The van der Waals surface area contributed by atoms with Gasteiger partial charge in [-0.3, -0.25) is 20.9 Å². The summed E-state index contributed by atoms with van der Waals surface area (Å²) in [6.45, 7) is 2.39. The van der Waals surface area contributed by atoms with Gasteiger partial charge in [-0.1, -0.05) is 109 Å². The highest BCUT2D eigenvalue weighted by Gasteiger charge is 2.43. The summed E-state index contributed by atoms with van der Waals surface area (Å²) in [6.07, 6.45) is 44.9. The van der Waals surface area contributed by atoms with E-state index in [4.69, 9.17) is 4.98 Å². The number of para-hydroxylation sites is 1. The van der Waals surface area contributed by atoms with Crippen molar-refractivity contribution in [2.75, 3.05) is 4.90 Å². The van der Waals surface area contributed by atoms with Crippen LogP contribution in [0.3, 0.4) is 0 Å². The maximum Gasteiger partial charge on any atom is 0.0885 e. The highest BCUT2D eigenvalue weighted by Crippen LogP contribution is 2.55. The van der Waals surface area contributed by atoms with E-state index in [0.29, 0.717) is 11.8 Å². The molecule has 6 nitrogen and oxygen atoms in total. The summed E-state index contributed by atoms with van der Waals surface area (Å²) in [6, 6.07) is 34.1. The highest BCUT2D eigenvalue weighted by atomic mass is 32.1. The van der Waals surface area contributed by atoms with Gasteiger partial charge in [-0.15, -0.1) is 22.7 Å². The summed E-state index contributed by atoms with van der Waals surface area (Å²) in [5.74, 6) is 0.907. The molecule has 0 spiro atoms. The molecule has 0 bridgehead atoms. The van der Waals surface area contributed by atoms with Gasteiger partial charge in [0.2, 0.25) is 0 Å². The van der Waals surface area contributed by atoms with Crippen molar-refractivity contribution in [2.24, 2.45) is 5.92 Å². The summed E-state index contributed by atoms with van der Waals surface area (Å²) >= 11 is 3.97. The van der Waals surface area contributed by atoms with Crippen LogP contribution in [0.2, 0.25) is 0 Å². The Labute approximate surface area is 458 Å². The first-order chi connectivity index (χ1) is 38.0. The monoisotopic (exact) mass is 1040 g/mol. The van der Waals surface area contributed by atoms with Gasteiger partial charge in [0, 0.05) is 92.5 Å². The number of nitrogens with one attached hydrogen (secondary N) is 3. The molecule has 2 aliphatic heterocycles. The number of thiophene rings is 2. The van der Waals surface area contributed by atoms with Crippen LogP contribution >= 0.6 is 22.7 Å². The van der Waals surface area contributed by atoms with E-state index in [9.17, 15) is 0 Å². The lowest BCUT2D eigenvalue weighted by Gasteiger charge is -2.50. The van der Waals surface area contributed by atoms with Crippen LogP contribution in [-0.4, -0.2) is 15.2 Å². The average Bonchev–Trinajstić information content (AvgIpc) is 4.46. The third-order valence-electron chi connectivity index (χ3n) is 18.3. The van der Waals surface area contributed by atoms with E-state index in [1.165, 1.54) is 120 Å². The lowest BCUT2D eigenvalue weighted by molar-refractivity contribution is 0.0807. The van der Waals surface area contributed by atoms with Gasteiger partial charge in [0.05, 0.1) is 34.9 Å². The number of pyridine rings is 1. The predicted octanol–water partition coefficient (Wildman–Crippen LogP) is 15.2. The zero-order valence-corrected chi connectivity index (χ0v) is 45.2. The molecule has 4 aromatic carbocycles. The standard InChI is InChI=1S/C69H62N6S2/c1-69(46-20-8-3-9-21-46)72-67(42-18-6-2-7-19-42)71-68(73-69)53-38-45(43-30-32-51-60(39-43)76-58-36-34-56-62(64(51)58)49-26-14-16-28-54(49)74(56)47-22-10-4-11-23-47)41-70-66(53)44-31-33-52-61(40-44)77-59-37-35-57-63(65(52)59)50-27-15-17-29-55(50)75(57)48-24-12-5-13-25-48/h2,4-8,10-12,15,17-20,22-24,26,28-30,32,34-38,40-41,43,46,50,67-68,71-73H,3,9,13-14,16,21,25,27,31,33,39H2,1H3. The zero-order valence-electron chi connectivity index (χ0n) is 43.6. The van der Waals surface area contributed by atoms with Crippen molar-refractivity contribution in [1.82, 2.24) is 25.5 Å². The van der Waals surface area contributed by atoms with Crippen LogP contribution < -0.4 is 31.4 Å². The number of nitrogens with zero attached hydrogens (tertiary/aromatic N) is 3. The number of anilines is 1. The van der Waals surface area contributed by atoms with Crippen LogP contribution in [0, 0.1) is 5.92 Å². The fourth-order valence-electron chi connectivity index (χ4n) is 14.6. The van der Waals surface area contributed by atoms with E-state index < -0.39 is 0 Å². The van der Waals surface area contributed by atoms with Crippen molar-refractivity contribution in [2.45, 2.75) is 107 Å². The number of benzene rings is 4. The third-order valence-corrected chi connectivity index (χ3v) is 20.6. The molecule has 1 fully saturated rings. The SMILES string of the molecule is CC1(C2C=CCCC2)NC(c2ccccc2)NC(c2cc(C3C=Cc4c(sc5ccc6c(c7c(n6-c6ccccc6)=CCCC=7)c45)C3)cnc2C2=Cc3sc4ccc5c(c4c3CC2)C2CC=CC=C2N5C2=CC=CCC2)N1. The lowest BCUT2D eigenvalue weighted by atomic mass is 9.82. The fourth-order valence-corrected chi connectivity index (χ4v) is 17.1. The summed E-state index contributed by atoms with van der Waals surface area (Å²) < 4.78 is 5.27. The summed E-state index contributed by atoms with van der Waals surface area (Å²) in [5, 5.41) is 19.5. The first kappa shape index (κ1) is 46.2. The Morgan fingerprint density at radius 1 is 0.740 bits per heavy atom. The molecule has 380 valence electrons. The number of allylic oxidation sites excluding steroid dienone is 11. The van der Waals surface area contributed by atoms with Gasteiger partial charge in [0.15, 0.2) is 0 Å². The fraction of sp³-hybridized carbons (Fsp3) is 0.261. The molecule has 0 amide bonds. The van der Waals surface area contributed by atoms with Gasteiger partial charge < -0.3 is 9.47 Å². The molecule has 6 unspecified atom stereocenters. The van der Waals surface area contributed by atoms with E-state index in [1.54, 1.807) is 0 Å². The van der Waals surface area contributed by atoms with E-state index in [1.807, 2.05) is 22.7 Å². The summed E-state index contributed by atoms with van der Waals surface area (Å²) in [7, 11) is 0. The molecule has 16 rings (SSSR count). The summed E-state index contributed by atoms with van der Waals surface area (Å²) in [5.41, 5.74) is 17.0. The number of hydrogen-bond acceptors (Lipinski definition) is 7. The minimum absolute atomic E-state index is 0.0608. The Morgan fingerprint density at radius 3 is 2.45 bits per heavy atom. The Morgan fingerprint density at radius 2 is 1.58 bits per heavy atom. The Bertz CT molecular complexity index is 4120. The minimum atomic E-state index is -0.365. The molecule has 8 heteroatoms. The van der Waals surface area contributed by atoms with Gasteiger partial charge in [-0.05, 0) is 172 Å². The lowest BCUT2D eigenvalue weighted by Crippen LogP contribution is -2.69. The van der Waals surface area contributed by atoms with Gasteiger partial charge in [0.25, 0.3) is 0 Å². The van der Waals surface area contributed by atoms with E-state index in [2.05, 4.69) is 209 Å². The van der Waals surface area contributed by atoms with Crippen LogP contribution in [0.25, 0.3) is 66.6 Å². The number of hydrogen-bond donors (Lipinski definition) is 3. The molecule has 8 aliphatic rings. The number of rotatable bonds is 7. The molecule has 77 heavy (non-hydrogen) atoms. The first-order valence-corrected chi connectivity index (χ1v) is 30.0.